The molecule has 1 aromatic rings. The summed E-state index contributed by atoms with van der Waals surface area (Å²) in [5.74, 6) is -2.42. The van der Waals surface area contributed by atoms with Gasteiger partial charge >= 0.3 is 0 Å². The third-order valence-corrected chi connectivity index (χ3v) is 4.70. The van der Waals surface area contributed by atoms with Gasteiger partial charge in [-0.1, -0.05) is 12.1 Å². The predicted molar refractivity (Wildman–Crippen MR) is 86.7 cm³/mol. The van der Waals surface area contributed by atoms with Crippen LogP contribution >= 0.6 is 0 Å². The number of hydrogen-bond acceptors (Lipinski definition) is 2. The topological polar surface area (TPSA) is 38.3 Å². The lowest BCUT2D eigenvalue weighted by atomic mass is 10.1. The number of nitrogens with one attached hydrogen (secondary N) is 1. The zero-order chi connectivity index (χ0) is 17.1. The molecule has 0 aromatic heterocycles. The van der Waals surface area contributed by atoms with Crippen LogP contribution in [0.3, 0.4) is 0 Å². The first-order chi connectivity index (χ1) is 9.90. The zero-order valence-electron chi connectivity index (χ0n) is 14.0. The highest BCUT2D eigenvalue weighted by molar-refractivity contribution is 7.84. The average molecular weight is 333 g/mol. The summed E-state index contributed by atoms with van der Waals surface area (Å²) < 4.78 is 45.6. The summed E-state index contributed by atoms with van der Waals surface area (Å²) in [5, 5.41) is 0. The second kappa shape index (κ2) is 7.04. The van der Waals surface area contributed by atoms with E-state index >= 15 is 0 Å². The Bertz CT molecular complexity index is 536. The molecule has 0 spiro atoms. The molecule has 0 amide bonds. The fourth-order valence-corrected chi connectivity index (χ4v) is 2.52. The average Bonchev–Trinajstić information content (AvgIpc) is 2.34. The van der Waals surface area contributed by atoms with E-state index in [1.54, 1.807) is 19.1 Å². The summed E-state index contributed by atoms with van der Waals surface area (Å²) in [6.07, 6.45) is 0. The number of halogens is 2. The molecule has 0 heterocycles. The Labute approximate surface area is 134 Å². The van der Waals surface area contributed by atoms with Crippen LogP contribution in [0.5, 0.6) is 5.75 Å². The van der Waals surface area contributed by atoms with E-state index in [2.05, 4.69) is 4.72 Å². The van der Waals surface area contributed by atoms with Crippen molar-refractivity contribution in [3.05, 3.63) is 29.3 Å². The lowest BCUT2D eigenvalue weighted by Crippen LogP contribution is -2.34. The number of alkyl halides is 2. The van der Waals surface area contributed by atoms with Crippen LogP contribution in [0.25, 0.3) is 0 Å². The van der Waals surface area contributed by atoms with Crippen LogP contribution in [0.15, 0.2) is 18.2 Å². The monoisotopic (exact) mass is 333 g/mol. The van der Waals surface area contributed by atoms with Gasteiger partial charge in [-0.25, -0.2) is 17.7 Å². The summed E-state index contributed by atoms with van der Waals surface area (Å²) in [6.45, 7) is 9.60. The maximum absolute atomic E-state index is 12.8. The smallest absolute Gasteiger partial charge is 0.278 e. The van der Waals surface area contributed by atoms with Crippen molar-refractivity contribution < 1.29 is 17.7 Å². The minimum atomic E-state index is -2.86. The second-order valence-electron chi connectivity index (χ2n) is 6.60. The van der Waals surface area contributed by atoms with Gasteiger partial charge in [-0.3, -0.25) is 0 Å². The molecule has 0 aliphatic heterocycles. The Morgan fingerprint density at radius 2 is 1.86 bits per heavy atom. The largest absolute Gasteiger partial charge is 0.487 e. The first kappa shape index (κ1) is 19.0. The van der Waals surface area contributed by atoms with Gasteiger partial charge in [0.1, 0.15) is 5.75 Å². The predicted octanol–water partition coefficient (Wildman–Crippen LogP) is 4.14. The van der Waals surface area contributed by atoms with E-state index in [0.29, 0.717) is 5.75 Å². The van der Waals surface area contributed by atoms with E-state index in [9.17, 15) is 13.0 Å². The van der Waals surface area contributed by atoms with Crippen molar-refractivity contribution in [2.75, 3.05) is 6.61 Å². The molecule has 0 saturated heterocycles. The SMILES string of the molecule is Cc1cc([C@@H](C)NS(=O)C(C)(C)C)ccc1OCC(C)(F)F. The molecule has 0 radical (unpaired) electrons. The molecule has 1 N–H and O–H groups in total. The van der Waals surface area contributed by atoms with Crippen LogP contribution < -0.4 is 9.46 Å². The van der Waals surface area contributed by atoms with E-state index < -0.39 is 23.5 Å². The van der Waals surface area contributed by atoms with Crippen molar-refractivity contribution in [1.29, 1.82) is 0 Å². The molecule has 6 heteroatoms. The van der Waals surface area contributed by atoms with Crippen molar-refractivity contribution in [1.82, 2.24) is 4.72 Å². The van der Waals surface area contributed by atoms with E-state index in [0.717, 1.165) is 18.1 Å². The summed E-state index contributed by atoms with van der Waals surface area (Å²) in [6, 6.07) is 5.23. The number of rotatable bonds is 6. The molecule has 0 aliphatic rings. The van der Waals surface area contributed by atoms with Gasteiger partial charge < -0.3 is 4.74 Å². The van der Waals surface area contributed by atoms with Gasteiger partial charge in [0.15, 0.2) is 6.61 Å². The van der Waals surface area contributed by atoms with Crippen LogP contribution in [0, 0.1) is 6.92 Å². The van der Waals surface area contributed by atoms with E-state index in [4.69, 9.17) is 4.74 Å². The van der Waals surface area contributed by atoms with Gasteiger partial charge in [-0.05, 0) is 51.8 Å². The molecule has 0 aliphatic carbocycles. The van der Waals surface area contributed by atoms with Crippen LogP contribution in [0.1, 0.15) is 51.8 Å². The molecule has 3 nitrogen and oxygen atoms in total. The van der Waals surface area contributed by atoms with Gasteiger partial charge in [0.05, 0.1) is 15.7 Å². The highest BCUT2D eigenvalue weighted by Crippen LogP contribution is 2.25. The second-order valence-corrected chi connectivity index (χ2v) is 8.60. The van der Waals surface area contributed by atoms with Crippen LogP contribution in [0.2, 0.25) is 0 Å². The van der Waals surface area contributed by atoms with E-state index in [-0.39, 0.29) is 10.8 Å². The van der Waals surface area contributed by atoms with Crippen molar-refractivity contribution in [2.24, 2.45) is 0 Å². The fourth-order valence-electron chi connectivity index (χ4n) is 1.71. The van der Waals surface area contributed by atoms with Gasteiger partial charge in [0.2, 0.25) is 0 Å². The van der Waals surface area contributed by atoms with E-state index in [1.807, 2.05) is 33.8 Å². The number of aryl methyl sites for hydroxylation is 1. The first-order valence-electron chi connectivity index (χ1n) is 7.19. The highest BCUT2D eigenvalue weighted by Gasteiger charge is 2.23. The maximum Gasteiger partial charge on any atom is 0.278 e. The highest BCUT2D eigenvalue weighted by atomic mass is 32.2. The Kier molecular flexibility index (Phi) is 6.10. The zero-order valence-corrected chi connectivity index (χ0v) is 14.8. The third kappa shape index (κ3) is 6.01. The van der Waals surface area contributed by atoms with Crippen molar-refractivity contribution in [3.63, 3.8) is 0 Å². The Morgan fingerprint density at radius 1 is 1.27 bits per heavy atom. The van der Waals surface area contributed by atoms with Gasteiger partial charge in [-0.15, -0.1) is 0 Å². The summed E-state index contributed by atoms with van der Waals surface area (Å²) in [7, 11) is -1.18. The van der Waals surface area contributed by atoms with Crippen molar-refractivity contribution >= 4 is 11.0 Å². The lowest BCUT2D eigenvalue weighted by molar-refractivity contribution is -0.0231. The minimum absolute atomic E-state index is 0.111. The summed E-state index contributed by atoms with van der Waals surface area (Å²) in [5.41, 5.74) is 1.71. The molecule has 1 unspecified atom stereocenters. The van der Waals surface area contributed by atoms with Crippen LogP contribution in [0.4, 0.5) is 8.78 Å². The number of hydrogen-bond donors (Lipinski definition) is 1. The quantitative estimate of drug-likeness (QED) is 0.849. The Hall–Kier alpha value is -1.01. The van der Waals surface area contributed by atoms with Gasteiger partial charge in [0.25, 0.3) is 5.92 Å². The molecule has 1 aromatic carbocycles. The van der Waals surface area contributed by atoms with Crippen LogP contribution in [-0.2, 0) is 11.0 Å². The molecule has 0 saturated carbocycles. The van der Waals surface area contributed by atoms with Crippen molar-refractivity contribution in [3.8, 4) is 5.75 Å². The first-order valence-corrected chi connectivity index (χ1v) is 8.34. The lowest BCUT2D eigenvalue weighted by Gasteiger charge is -2.22. The Morgan fingerprint density at radius 3 is 2.32 bits per heavy atom. The summed E-state index contributed by atoms with van der Waals surface area (Å²) in [4.78, 5) is 0. The van der Waals surface area contributed by atoms with Gasteiger partial charge in [-0.2, -0.15) is 0 Å². The number of ether oxygens (including phenoxy) is 1. The molecule has 1 rings (SSSR count). The Balaban J connectivity index is 2.78. The number of benzene rings is 1. The van der Waals surface area contributed by atoms with Crippen molar-refractivity contribution in [2.45, 2.75) is 58.3 Å². The molecule has 2 atom stereocenters. The molecule has 22 heavy (non-hydrogen) atoms. The minimum Gasteiger partial charge on any atom is -0.487 e. The van der Waals surface area contributed by atoms with Crippen LogP contribution in [-0.4, -0.2) is 21.5 Å². The molecule has 0 fully saturated rings. The molecule has 126 valence electrons. The fraction of sp³-hybridized carbons (Fsp3) is 0.625. The maximum atomic E-state index is 12.8. The summed E-state index contributed by atoms with van der Waals surface area (Å²) >= 11 is 0. The van der Waals surface area contributed by atoms with Gasteiger partial charge in [0, 0.05) is 13.0 Å². The molecular weight excluding hydrogens is 308 g/mol. The standard InChI is InChI=1S/C16H25F2NO2S/c1-11-9-13(12(2)19-22(20)15(3,4)5)7-8-14(11)21-10-16(6,17)18/h7-9,12,19H,10H2,1-6H3/t12-,22?/m1/s1. The molecule has 0 bridgehead atoms. The molecular formula is C16H25F2NO2S. The third-order valence-electron chi connectivity index (χ3n) is 3.02. The van der Waals surface area contributed by atoms with E-state index in [1.165, 1.54) is 0 Å². The normalized spacial score (nSPS) is 15.5.